The molecule has 3 heterocycles. The van der Waals surface area contributed by atoms with Crippen molar-refractivity contribution in [2.75, 3.05) is 5.32 Å². The highest BCUT2D eigenvalue weighted by Gasteiger charge is 2.64. The average molecular weight is 306 g/mol. The van der Waals surface area contributed by atoms with Gasteiger partial charge in [-0.1, -0.05) is 11.3 Å². The van der Waals surface area contributed by atoms with Gasteiger partial charge in [0.2, 0.25) is 5.91 Å². The monoisotopic (exact) mass is 306 g/mol. The Labute approximate surface area is 126 Å². The first kappa shape index (κ1) is 12.6. The number of rotatable bonds is 3. The Bertz CT molecular complexity index is 612. The van der Waals surface area contributed by atoms with E-state index in [0.717, 1.165) is 36.5 Å². The van der Waals surface area contributed by atoms with E-state index in [1.54, 1.807) is 6.20 Å². The molecule has 2 saturated heterocycles. The number of aliphatic hydroxyl groups is 1. The van der Waals surface area contributed by atoms with E-state index in [1.807, 2.05) is 0 Å². The van der Waals surface area contributed by atoms with Crippen molar-refractivity contribution >= 4 is 22.4 Å². The van der Waals surface area contributed by atoms with Gasteiger partial charge in [-0.2, -0.15) is 0 Å². The summed E-state index contributed by atoms with van der Waals surface area (Å²) in [5, 5.41) is 13.8. The summed E-state index contributed by atoms with van der Waals surface area (Å²) in [6.45, 7) is 0. The molecule has 2 aliphatic heterocycles. The average Bonchev–Trinajstić information content (AvgIpc) is 2.83. The van der Waals surface area contributed by atoms with Crippen molar-refractivity contribution in [1.82, 2.24) is 4.98 Å². The minimum atomic E-state index is -0.697. The van der Waals surface area contributed by atoms with Gasteiger partial charge in [-0.15, -0.1) is 0 Å². The minimum absolute atomic E-state index is 0.0158. The van der Waals surface area contributed by atoms with Gasteiger partial charge in [-0.3, -0.25) is 4.79 Å². The van der Waals surface area contributed by atoms with Crippen molar-refractivity contribution in [3.8, 4) is 0 Å². The number of amides is 1. The number of nitrogens with zero attached hydrogens (tertiary/aromatic N) is 1. The topological polar surface area (TPSA) is 71.5 Å². The molecule has 0 unspecified atom stereocenters. The molecule has 1 aromatic rings. The zero-order valence-corrected chi connectivity index (χ0v) is 12.4. The summed E-state index contributed by atoms with van der Waals surface area (Å²) in [6.07, 6.45) is 6.91. The van der Waals surface area contributed by atoms with E-state index in [1.165, 1.54) is 17.8 Å². The van der Waals surface area contributed by atoms with Crippen molar-refractivity contribution < 1.29 is 14.6 Å². The SMILES string of the molecule is O=C(Nc1ncc(C2(O)CCC2)s1)[C@@H]1C[C@@H]2O[C@H]1[C@H]1C[C@H]12. The highest BCUT2D eigenvalue weighted by Crippen LogP contribution is 2.60. The van der Waals surface area contributed by atoms with Crippen LogP contribution < -0.4 is 5.32 Å². The van der Waals surface area contributed by atoms with Gasteiger partial charge < -0.3 is 15.2 Å². The van der Waals surface area contributed by atoms with Crippen LogP contribution in [-0.4, -0.2) is 28.2 Å². The van der Waals surface area contributed by atoms with Crippen molar-refractivity contribution in [3.63, 3.8) is 0 Å². The van der Waals surface area contributed by atoms with Crippen LogP contribution in [0.3, 0.4) is 0 Å². The fourth-order valence-corrected chi connectivity index (χ4v) is 5.18. The molecule has 2 aliphatic carbocycles. The Hall–Kier alpha value is -0.980. The lowest BCUT2D eigenvalue weighted by Crippen LogP contribution is -2.32. The fourth-order valence-electron chi connectivity index (χ4n) is 4.21. The molecule has 1 aromatic heterocycles. The highest BCUT2D eigenvalue weighted by molar-refractivity contribution is 7.15. The van der Waals surface area contributed by atoms with E-state index in [4.69, 9.17) is 4.74 Å². The Morgan fingerprint density at radius 1 is 1.43 bits per heavy atom. The Kier molecular flexibility index (Phi) is 2.42. The van der Waals surface area contributed by atoms with Crippen LogP contribution in [0.15, 0.2) is 6.20 Å². The molecule has 5 nitrogen and oxygen atoms in total. The summed E-state index contributed by atoms with van der Waals surface area (Å²) in [7, 11) is 0. The third-order valence-electron chi connectivity index (χ3n) is 5.72. The van der Waals surface area contributed by atoms with Crippen LogP contribution in [0.2, 0.25) is 0 Å². The maximum Gasteiger partial charge on any atom is 0.231 e. The zero-order chi connectivity index (χ0) is 14.2. The second kappa shape index (κ2) is 4.06. The molecule has 4 fully saturated rings. The maximum atomic E-state index is 12.4. The third kappa shape index (κ3) is 1.76. The quantitative estimate of drug-likeness (QED) is 0.894. The molecule has 5 rings (SSSR count). The second-order valence-electron chi connectivity index (χ2n) is 6.95. The molecule has 0 spiro atoms. The lowest BCUT2D eigenvalue weighted by molar-refractivity contribution is -0.121. The van der Waals surface area contributed by atoms with E-state index < -0.39 is 5.60 Å². The summed E-state index contributed by atoms with van der Waals surface area (Å²) < 4.78 is 5.87. The van der Waals surface area contributed by atoms with Crippen molar-refractivity contribution in [3.05, 3.63) is 11.1 Å². The first-order chi connectivity index (χ1) is 10.1. The number of carbonyl (C=O) groups excluding carboxylic acids is 1. The predicted octanol–water partition coefficient (Wildman–Crippen LogP) is 1.88. The minimum Gasteiger partial charge on any atom is -0.384 e. The fraction of sp³-hybridized carbons (Fsp3) is 0.733. The summed E-state index contributed by atoms with van der Waals surface area (Å²) in [5.41, 5.74) is -0.697. The van der Waals surface area contributed by atoms with Crippen LogP contribution in [0.1, 0.15) is 37.0 Å². The molecule has 4 aliphatic rings. The zero-order valence-electron chi connectivity index (χ0n) is 11.6. The molecule has 0 aromatic carbocycles. The number of fused-ring (bicyclic) bond motifs is 5. The molecule has 6 heteroatoms. The lowest BCUT2D eigenvalue weighted by atomic mass is 9.79. The van der Waals surface area contributed by atoms with Gasteiger partial charge in [-0.25, -0.2) is 4.98 Å². The molecular formula is C15H18N2O3S. The molecule has 0 radical (unpaired) electrons. The molecule has 1 amide bonds. The van der Waals surface area contributed by atoms with Gasteiger partial charge in [0.05, 0.1) is 23.0 Å². The molecule has 5 atom stereocenters. The van der Waals surface area contributed by atoms with Crippen molar-refractivity contribution in [2.45, 2.75) is 49.9 Å². The van der Waals surface area contributed by atoms with Crippen LogP contribution in [-0.2, 0) is 15.1 Å². The highest BCUT2D eigenvalue weighted by atomic mass is 32.1. The molecule has 2 saturated carbocycles. The number of nitrogens with one attached hydrogen (secondary N) is 1. The van der Waals surface area contributed by atoms with Crippen LogP contribution >= 0.6 is 11.3 Å². The van der Waals surface area contributed by atoms with Crippen molar-refractivity contribution in [2.24, 2.45) is 17.8 Å². The molecule has 21 heavy (non-hydrogen) atoms. The number of ether oxygens (including phenoxy) is 1. The predicted molar refractivity (Wildman–Crippen MR) is 76.9 cm³/mol. The molecule has 2 N–H and O–H groups in total. The number of aromatic nitrogens is 1. The number of hydrogen-bond acceptors (Lipinski definition) is 5. The number of thiazole rings is 1. The van der Waals surface area contributed by atoms with E-state index in [0.29, 0.717) is 17.2 Å². The van der Waals surface area contributed by atoms with Gasteiger partial charge in [0.15, 0.2) is 5.13 Å². The second-order valence-corrected chi connectivity index (χ2v) is 7.98. The van der Waals surface area contributed by atoms with Crippen LogP contribution in [0.25, 0.3) is 0 Å². The van der Waals surface area contributed by atoms with E-state index in [2.05, 4.69) is 10.3 Å². The molecular weight excluding hydrogens is 288 g/mol. The number of anilines is 1. The van der Waals surface area contributed by atoms with Crippen molar-refractivity contribution in [1.29, 1.82) is 0 Å². The Morgan fingerprint density at radius 3 is 2.95 bits per heavy atom. The third-order valence-corrected chi connectivity index (χ3v) is 6.82. The smallest absolute Gasteiger partial charge is 0.231 e. The normalized spacial score (nSPS) is 41.5. The van der Waals surface area contributed by atoms with Gasteiger partial charge >= 0.3 is 0 Å². The summed E-state index contributed by atoms with van der Waals surface area (Å²) in [6, 6.07) is 0. The first-order valence-electron chi connectivity index (χ1n) is 7.79. The first-order valence-corrected chi connectivity index (χ1v) is 8.61. The standard InChI is InChI=1S/C15H18N2O3S/c18-13(9-5-10-7-4-8(7)12(9)20-10)17-14-16-6-11(21-14)15(19)2-1-3-15/h6-10,12,19H,1-5H2,(H,16,17,18)/t7-,8+,9-,10+,12+/m1/s1. The van der Waals surface area contributed by atoms with Gasteiger partial charge in [0, 0.05) is 6.20 Å². The summed E-state index contributed by atoms with van der Waals surface area (Å²) in [4.78, 5) is 17.5. The number of carbonyl (C=O) groups is 1. The van der Waals surface area contributed by atoms with Gasteiger partial charge in [0.1, 0.15) is 5.60 Å². The largest absolute Gasteiger partial charge is 0.384 e. The van der Waals surface area contributed by atoms with E-state index in [9.17, 15) is 9.90 Å². The lowest BCUT2D eigenvalue weighted by Gasteiger charge is -2.35. The van der Waals surface area contributed by atoms with Gasteiger partial charge in [0.25, 0.3) is 0 Å². The Morgan fingerprint density at radius 2 is 2.29 bits per heavy atom. The van der Waals surface area contributed by atoms with Gasteiger partial charge in [-0.05, 0) is 43.9 Å². The van der Waals surface area contributed by atoms with Crippen LogP contribution in [0, 0.1) is 17.8 Å². The summed E-state index contributed by atoms with van der Waals surface area (Å²) >= 11 is 1.40. The Balaban J connectivity index is 1.28. The van der Waals surface area contributed by atoms with Crippen LogP contribution in [0.5, 0.6) is 0 Å². The van der Waals surface area contributed by atoms with E-state index >= 15 is 0 Å². The van der Waals surface area contributed by atoms with E-state index in [-0.39, 0.29) is 17.9 Å². The molecule has 2 bridgehead atoms. The van der Waals surface area contributed by atoms with Crippen LogP contribution in [0.4, 0.5) is 5.13 Å². The summed E-state index contributed by atoms with van der Waals surface area (Å²) in [5.74, 6) is 1.38. The molecule has 112 valence electrons. The maximum absolute atomic E-state index is 12.4. The number of hydrogen-bond donors (Lipinski definition) is 2.